The van der Waals surface area contributed by atoms with E-state index >= 15 is 0 Å². The van der Waals surface area contributed by atoms with Gasteiger partial charge in [0.2, 0.25) is 0 Å². The van der Waals surface area contributed by atoms with Crippen LogP contribution >= 0.6 is 11.3 Å². The summed E-state index contributed by atoms with van der Waals surface area (Å²) in [7, 11) is -1.87. The van der Waals surface area contributed by atoms with E-state index in [0.29, 0.717) is 15.1 Å². The van der Waals surface area contributed by atoms with Crippen LogP contribution in [0.4, 0.5) is 10.5 Å². The van der Waals surface area contributed by atoms with Gasteiger partial charge in [0, 0.05) is 23.1 Å². The highest BCUT2D eigenvalue weighted by Gasteiger charge is 2.33. The molecule has 0 spiro atoms. The SMILES string of the molecule is CCc1nc2c(c(NC(=O)N=[S-](=O)c3cnc(C(C)(C)O)s3)c1C1CC1)CCC2. The van der Waals surface area contributed by atoms with Crippen LogP contribution in [-0.4, -0.2) is 21.1 Å². The molecule has 2 aliphatic rings. The standard InChI is InChI=1S/C20H25N4O3S2/c1-4-13-16(11-8-9-11)17(12-6-5-7-14(12)22-13)23-19(25)24-29(27)15-10-21-18(28-15)20(2,3)26/h10-11,26H,4-9H2,1-3H3,(H,22,23,25)/q-1. The molecule has 1 saturated carbocycles. The van der Waals surface area contributed by atoms with Crippen LogP contribution in [0.1, 0.15) is 73.5 Å². The number of hydrogen-bond donors (Lipinski definition) is 2. The number of pyridine rings is 1. The molecular weight excluding hydrogens is 408 g/mol. The molecule has 2 heterocycles. The third-order valence-electron chi connectivity index (χ3n) is 5.24. The van der Waals surface area contributed by atoms with Gasteiger partial charge in [-0.2, -0.15) is 0 Å². The summed E-state index contributed by atoms with van der Waals surface area (Å²) in [5, 5.41) is 13.4. The van der Waals surface area contributed by atoms with Gasteiger partial charge in [-0.1, -0.05) is 6.92 Å². The van der Waals surface area contributed by atoms with E-state index in [0.717, 1.165) is 78.1 Å². The average molecular weight is 434 g/mol. The molecule has 2 N–H and O–H groups in total. The lowest BCUT2D eigenvalue weighted by atomic mass is 9.99. The largest absolute Gasteiger partial charge is 0.439 e. The molecule has 0 radical (unpaired) electrons. The molecule has 7 nitrogen and oxygen atoms in total. The first-order valence-corrected chi connectivity index (χ1v) is 11.9. The van der Waals surface area contributed by atoms with E-state index in [1.165, 1.54) is 6.20 Å². The summed E-state index contributed by atoms with van der Waals surface area (Å²) in [5.41, 5.74) is 4.11. The van der Waals surface area contributed by atoms with Crippen molar-refractivity contribution in [3.8, 4) is 0 Å². The molecule has 0 aliphatic heterocycles. The maximum absolute atomic E-state index is 12.6. The van der Waals surface area contributed by atoms with Crippen molar-refractivity contribution in [2.45, 2.75) is 75.0 Å². The lowest BCUT2D eigenvalue weighted by molar-refractivity contribution is 0.0783. The number of rotatable bonds is 5. The molecule has 0 bridgehead atoms. The first-order chi connectivity index (χ1) is 13.8. The van der Waals surface area contributed by atoms with Gasteiger partial charge in [0.1, 0.15) is 10.6 Å². The van der Waals surface area contributed by atoms with Crippen molar-refractivity contribution in [2.75, 3.05) is 5.32 Å². The van der Waals surface area contributed by atoms with Gasteiger partial charge in [0.15, 0.2) is 0 Å². The lowest BCUT2D eigenvalue weighted by Gasteiger charge is -2.18. The molecule has 2 aromatic rings. The van der Waals surface area contributed by atoms with Crippen LogP contribution in [0.3, 0.4) is 0 Å². The van der Waals surface area contributed by atoms with Crippen molar-refractivity contribution < 1.29 is 14.1 Å². The highest BCUT2D eigenvalue weighted by Crippen LogP contribution is 2.47. The van der Waals surface area contributed by atoms with Crippen LogP contribution in [0.15, 0.2) is 14.8 Å². The third kappa shape index (κ3) is 4.22. The summed E-state index contributed by atoms with van der Waals surface area (Å²) in [5.74, 6) is 0.444. The number of aryl methyl sites for hydroxylation is 2. The van der Waals surface area contributed by atoms with Crippen LogP contribution in [0.2, 0.25) is 0 Å². The Bertz CT molecular complexity index is 1040. The first kappa shape index (κ1) is 20.4. The number of anilines is 1. The van der Waals surface area contributed by atoms with Crippen LogP contribution in [0, 0.1) is 0 Å². The molecule has 2 aromatic heterocycles. The fourth-order valence-corrected chi connectivity index (χ4v) is 5.46. The zero-order chi connectivity index (χ0) is 20.8. The molecule has 4 rings (SSSR count). The Morgan fingerprint density at radius 1 is 1.41 bits per heavy atom. The van der Waals surface area contributed by atoms with E-state index in [1.807, 2.05) is 0 Å². The minimum atomic E-state index is -1.87. The van der Waals surface area contributed by atoms with Crippen molar-refractivity contribution in [3.63, 3.8) is 0 Å². The van der Waals surface area contributed by atoms with Gasteiger partial charge >= 0.3 is 6.03 Å². The Balaban J connectivity index is 1.63. The minimum Gasteiger partial charge on any atom is -0.439 e. The average Bonchev–Trinajstić information content (AvgIpc) is 3.17. The van der Waals surface area contributed by atoms with Gasteiger partial charge in [0.25, 0.3) is 0 Å². The number of carbonyl (C=O) groups excluding carboxylic acids is 1. The van der Waals surface area contributed by atoms with Crippen molar-refractivity contribution in [1.29, 1.82) is 0 Å². The molecule has 9 heteroatoms. The fraction of sp³-hybridized carbons (Fsp3) is 0.550. The topological polar surface area (TPSA) is 105 Å². The number of thiazole rings is 1. The molecule has 2 amide bonds. The zero-order valence-corrected chi connectivity index (χ0v) is 18.5. The smallest absolute Gasteiger partial charge is 0.322 e. The molecular formula is C20H25N4O3S2-. The highest BCUT2D eigenvalue weighted by molar-refractivity contribution is 7.78. The van der Waals surface area contributed by atoms with Gasteiger partial charge in [-0.15, -0.1) is 21.9 Å². The predicted molar refractivity (Wildman–Crippen MR) is 113 cm³/mol. The van der Waals surface area contributed by atoms with Gasteiger partial charge in [-0.25, -0.2) is 9.78 Å². The van der Waals surface area contributed by atoms with Gasteiger partial charge in [-0.05, 0) is 68.1 Å². The van der Waals surface area contributed by atoms with Crippen molar-refractivity contribution >= 4 is 33.7 Å². The second-order valence-corrected chi connectivity index (χ2v) is 10.5. The Morgan fingerprint density at radius 3 is 2.79 bits per heavy atom. The Morgan fingerprint density at radius 2 is 2.17 bits per heavy atom. The Kier molecular flexibility index (Phi) is 5.48. The summed E-state index contributed by atoms with van der Waals surface area (Å²) in [6.07, 6.45) is 7.31. The van der Waals surface area contributed by atoms with Crippen LogP contribution < -0.4 is 5.32 Å². The van der Waals surface area contributed by atoms with Gasteiger partial charge < -0.3 is 19.0 Å². The first-order valence-electron chi connectivity index (χ1n) is 9.95. The Hall–Kier alpha value is -1.84. The number of hydrogen-bond acceptors (Lipinski definition) is 7. The third-order valence-corrected chi connectivity index (χ3v) is 7.80. The molecule has 29 heavy (non-hydrogen) atoms. The number of amides is 2. The predicted octanol–water partition coefficient (Wildman–Crippen LogP) is 4.43. The summed E-state index contributed by atoms with van der Waals surface area (Å²) < 4.78 is 16.7. The van der Waals surface area contributed by atoms with E-state index in [2.05, 4.69) is 21.6 Å². The molecule has 0 unspecified atom stereocenters. The fourth-order valence-electron chi connectivity index (χ4n) is 3.75. The number of fused-ring (bicyclic) bond motifs is 1. The molecule has 2 aliphatic carbocycles. The van der Waals surface area contributed by atoms with Crippen LogP contribution in [0.25, 0.3) is 0 Å². The minimum absolute atomic E-state index is 0.342. The lowest BCUT2D eigenvalue weighted by Crippen LogP contribution is -2.14. The maximum atomic E-state index is 12.6. The number of nitrogens with zero attached hydrogens (tertiary/aromatic N) is 3. The molecule has 156 valence electrons. The van der Waals surface area contributed by atoms with E-state index in [9.17, 15) is 14.1 Å². The van der Waals surface area contributed by atoms with E-state index in [4.69, 9.17) is 4.98 Å². The van der Waals surface area contributed by atoms with Crippen molar-refractivity contribution in [1.82, 2.24) is 9.97 Å². The van der Waals surface area contributed by atoms with Crippen LogP contribution in [0.5, 0.6) is 0 Å². The van der Waals surface area contributed by atoms with Crippen molar-refractivity contribution in [3.05, 3.63) is 33.7 Å². The van der Waals surface area contributed by atoms with Crippen LogP contribution in [-0.2, 0) is 39.7 Å². The van der Waals surface area contributed by atoms with E-state index in [1.54, 1.807) is 13.8 Å². The van der Waals surface area contributed by atoms with Crippen molar-refractivity contribution in [2.24, 2.45) is 4.36 Å². The quantitative estimate of drug-likeness (QED) is 0.679. The molecule has 0 atom stereocenters. The highest BCUT2D eigenvalue weighted by atomic mass is 32.2. The number of aliphatic hydroxyl groups is 1. The summed E-state index contributed by atoms with van der Waals surface area (Å²) >= 11 is 1.10. The Labute approximate surface area is 176 Å². The molecule has 0 saturated heterocycles. The normalized spacial score (nSPS) is 17.4. The van der Waals surface area contributed by atoms with Gasteiger partial charge in [-0.3, -0.25) is 4.98 Å². The van der Waals surface area contributed by atoms with E-state index in [-0.39, 0.29) is 0 Å². The maximum Gasteiger partial charge on any atom is 0.322 e. The summed E-state index contributed by atoms with van der Waals surface area (Å²) in [6, 6.07) is -0.620. The number of aromatic nitrogens is 2. The monoisotopic (exact) mass is 433 g/mol. The molecule has 1 fully saturated rings. The second kappa shape index (κ2) is 7.77. The van der Waals surface area contributed by atoms with E-state index < -0.39 is 22.2 Å². The zero-order valence-electron chi connectivity index (χ0n) is 16.8. The molecule has 0 aromatic carbocycles. The number of nitrogens with one attached hydrogen (secondary N) is 1. The summed E-state index contributed by atoms with van der Waals surface area (Å²) in [4.78, 5) is 21.6. The number of carbonyl (C=O) groups is 1. The number of urea groups is 1. The second-order valence-electron chi connectivity index (χ2n) is 8.07. The summed E-state index contributed by atoms with van der Waals surface area (Å²) in [6.45, 7) is 5.30. The van der Waals surface area contributed by atoms with Gasteiger partial charge in [0.05, 0.1) is 5.69 Å².